The first-order chi connectivity index (χ1) is 14.2. The van der Waals surface area contributed by atoms with Gasteiger partial charge in [0.25, 0.3) is 0 Å². The van der Waals surface area contributed by atoms with E-state index >= 15 is 0 Å². The molecular weight excluding hydrogens is 406 g/mol. The van der Waals surface area contributed by atoms with Gasteiger partial charge in [0.15, 0.2) is 0 Å². The predicted molar refractivity (Wildman–Crippen MR) is 103 cm³/mol. The lowest BCUT2D eigenvalue weighted by Gasteiger charge is -2.16. The van der Waals surface area contributed by atoms with Crippen molar-refractivity contribution >= 4 is 0 Å². The molecule has 2 aromatic carbocycles. The van der Waals surface area contributed by atoms with Crippen molar-refractivity contribution in [1.82, 2.24) is 10.6 Å². The monoisotopic (exact) mass is 430 g/mol. The molecule has 4 rings (SSSR count). The minimum atomic E-state index is -4.24. The van der Waals surface area contributed by atoms with Crippen LogP contribution in [0.4, 0.5) is 26.3 Å². The third-order valence-corrected chi connectivity index (χ3v) is 5.53. The van der Waals surface area contributed by atoms with Crippen LogP contribution in [0.5, 0.6) is 0 Å². The van der Waals surface area contributed by atoms with E-state index in [1.807, 2.05) is 0 Å². The van der Waals surface area contributed by atoms with E-state index in [0.717, 1.165) is 38.1 Å². The fourth-order valence-corrected chi connectivity index (χ4v) is 4.06. The second kappa shape index (κ2) is 9.39. The van der Waals surface area contributed by atoms with E-state index in [0.29, 0.717) is 24.2 Å². The van der Waals surface area contributed by atoms with Crippen LogP contribution in [0.3, 0.4) is 0 Å². The lowest BCUT2D eigenvalue weighted by molar-refractivity contribution is -0.139. The Labute approximate surface area is 171 Å². The van der Waals surface area contributed by atoms with Gasteiger partial charge in [0.1, 0.15) is 0 Å². The topological polar surface area (TPSA) is 24.1 Å². The molecule has 0 aromatic heterocycles. The molecule has 0 unspecified atom stereocenters. The molecule has 2 N–H and O–H groups in total. The van der Waals surface area contributed by atoms with Gasteiger partial charge < -0.3 is 10.6 Å². The molecule has 0 bridgehead atoms. The van der Waals surface area contributed by atoms with Crippen LogP contribution in [0.25, 0.3) is 0 Å². The van der Waals surface area contributed by atoms with Crippen molar-refractivity contribution in [2.24, 2.45) is 0 Å². The number of hydrogen-bond acceptors (Lipinski definition) is 2. The SMILES string of the molecule is FC(F)(F)c1ccccc1[C@@H]1CCNC1.FC(F)(F)c1ccccc1[C@@H]1CCNC1. The van der Waals surface area contributed by atoms with E-state index in [1.54, 1.807) is 24.3 Å². The van der Waals surface area contributed by atoms with Gasteiger partial charge in [-0.05, 0) is 61.0 Å². The number of hydrogen-bond donors (Lipinski definition) is 2. The van der Waals surface area contributed by atoms with E-state index in [9.17, 15) is 26.3 Å². The summed E-state index contributed by atoms with van der Waals surface area (Å²) in [4.78, 5) is 0. The van der Waals surface area contributed by atoms with Gasteiger partial charge in [-0.2, -0.15) is 26.3 Å². The summed E-state index contributed by atoms with van der Waals surface area (Å²) in [5.74, 6) is 0.00523. The molecule has 30 heavy (non-hydrogen) atoms. The molecule has 2 aliphatic heterocycles. The minimum Gasteiger partial charge on any atom is -0.316 e. The molecule has 2 heterocycles. The molecule has 8 heteroatoms. The zero-order valence-corrected chi connectivity index (χ0v) is 16.3. The highest BCUT2D eigenvalue weighted by molar-refractivity contribution is 5.34. The Balaban J connectivity index is 0.000000171. The summed E-state index contributed by atoms with van der Waals surface area (Å²) in [6, 6.07) is 11.7. The van der Waals surface area contributed by atoms with E-state index in [4.69, 9.17) is 0 Å². The summed E-state index contributed by atoms with van der Waals surface area (Å²) in [5, 5.41) is 6.16. The molecule has 2 saturated heterocycles. The Morgan fingerprint density at radius 3 is 1.27 bits per heavy atom. The van der Waals surface area contributed by atoms with Gasteiger partial charge in [-0.15, -0.1) is 0 Å². The summed E-state index contributed by atoms with van der Waals surface area (Å²) in [6.45, 7) is 2.90. The van der Waals surface area contributed by atoms with Crippen molar-refractivity contribution in [3.05, 3.63) is 70.8 Å². The van der Waals surface area contributed by atoms with E-state index in [1.165, 1.54) is 12.1 Å². The lowest BCUT2D eigenvalue weighted by Crippen LogP contribution is -2.14. The standard InChI is InChI=1S/2C11H12F3N/c2*12-11(13,14)10-4-2-1-3-9(10)8-5-6-15-7-8/h2*1-4,8,15H,5-7H2/t2*8-/m11/s1. The number of nitrogens with one attached hydrogen (secondary N) is 2. The van der Waals surface area contributed by atoms with Gasteiger partial charge in [-0.1, -0.05) is 36.4 Å². The van der Waals surface area contributed by atoms with Crippen molar-refractivity contribution in [3.8, 4) is 0 Å². The fourth-order valence-electron chi connectivity index (χ4n) is 4.06. The highest BCUT2D eigenvalue weighted by atomic mass is 19.4. The van der Waals surface area contributed by atoms with Crippen molar-refractivity contribution in [2.45, 2.75) is 37.0 Å². The molecule has 2 aliphatic rings. The average molecular weight is 430 g/mol. The second-order valence-corrected chi connectivity index (χ2v) is 7.55. The molecule has 0 saturated carbocycles. The van der Waals surface area contributed by atoms with Crippen LogP contribution >= 0.6 is 0 Å². The van der Waals surface area contributed by atoms with E-state index < -0.39 is 23.5 Å². The summed E-state index contributed by atoms with van der Waals surface area (Å²) in [6.07, 6.45) is -6.90. The van der Waals surface area contributed by atoms with Gasteiger partial charge in [0.2, 0.25) is 0 Å². The summed E-state index contributed by atoms with van der Waals surface area (Å²) in [7, 11) is 0. The zero-order chi connectivity index (χ0) is 21.8. The van der Waals surface area contributed by atoms with Crippen molar-refractivity contribution in [2.75, 3.05) is 26.2 Å². The minimum absolute atomic E-state index is 0.00262. The molecule has 0 aliphatic carbocycles. The molecular formula is C22H24F6N2. The molecule has 0 radical (unpaired) electrons. The van der Waals surface area contributed by atoms with Crippen LogP contribution in [-0.2, 0) is 12.4 Å². The van der Waals surface area contributed by atoms with Crippen LogP contribution in [0.1, 0.15) is 46.9 Å². The van der Waals surface area contributed by atoms with Crippen LogP contribution in [-0.4, -0.2) is 26.2 Å². The third kappa shape index (κ3) is 5.55. The molecule has 2 nitrogen and oxygen atoms in total. The molecule has 164 valence electrons. The summed E-state index contributed by atoms with van der Waals surface area (Å²) < 4.78 is 76.1. The third-order valence-electron chi connectivity index (χ3n) is 5.53. The van der Waals surface area contributed by atoms with Gasteiger partial charge in [-0.3, -0.25) is 0 Å². The van der Waals surface area contributed by atoms with Crippen LogP contribution in [0.15, 0.2) is 48.5 Å². The summed E-state index contributed by atoms with van der Waals surface area (Å²) in [5.41, 5.74) is -0.123. The molecule has 2 aromatic rings. The number of halogens is 6. The van der Waals surface area contributed by atoms with Gasteiger partial charge >= 0.3 is 12.4 Å². The van der Waals surface area contributed by atoms with E-state index in [2.05, 4.69) is 10.6 Å². The van der Waals surface area contributed by atoms with E-state index in [-0.39, 0.29) is 11.8 Å². The zero-order valence-electron chi connectivity index (χ0n) is 16.3. The van der Waals surface area contributed by atoms with Gasteiger partial charge in [-0.25, -0.2) is 0 Å². The molecule has 0 amide bonds. The van der Waals surface area contributed by atoms with Crippen molar-refractivity contribution in [3.63, 3.8) is 0 Å². The number of benzene rings is 2. The predicted octanol–water partition coefficient (Wildman–Crippen LogP) is 5.56. The smallest absolute Gasteiger partial charge is 0.316 e. The Morgan fingerprint density at radius 1 is 0.600 bits per heavy atom. The first-order valence-electron chi connectivity index (χ1n) is 9.91. The maximum absolute atomic E-state index is 12.7. The largest absolute Gasteiger partial charge is 0.416 e. The second-order valence-electron chi connectivity index (χ2n) is 7.55. The van der Waals surface area contributed by atoms with Crippen LogP contribution < -0.4 is 10.6 Å². The fraction of sp³-hybridized carbons (Fsp3) is 0.455. The lowest BCUT2D eigenvalue weighted by atomic mass is 9.93. The summed E-state index contributed by atoms with van der Waals surface area (Å²) >= 11 is 0. The maximum atomic E-state index is 12.7. The Morgan fingerprint density at radius 2 is 0.967 bits per heavy atom. The van der Waals surface area contributed by atoms with Gasteiger partial charge in [0.05, 0.1) is 11.1 Å². The molecule has 2 fully saturated rings. The first-order valence-corrected chi connectivity index (χ1v) is 9.91. The normalized spacial score (nSPS) is 21.9. The number of rotatable bonds is 2. The van der Waals surface area contributed by atoms with Crippen molar-refractivity contribution in [1.29, 1.82) is 0 Å². The average Bonchev–Trinajstić information content (AvgIpc) is 3.41. The van der Waals surface area contributed by atoms with Crippen LogP contribution in [0.2, 0.25) is 0 Å². The first kappa shape index (κ1) is 22.6. The Hall–Kier alpha value is -2.06. The maximum Gasteiger partial charge on any atom is 0.416 e. The Kier molecular flexibility index (Phi) is 7.08. The molecule has 2 atom stereocenters. The molecule has 0 spiro atoms. The number of alkyl halides is 6. The van der Waals surface area contributed by atoms with Crippen LogP contribution in [0, 0.1) is 0 Å². The highest BCUT2D eigenvalue weighted by Gasteiger charge is 2.36. The Bertz CT molecular complexity index is 749. The quantitative estimate of drug-likeness (QED) is 0.610. The van der Waals surface area contributed by atoms with Crippen molar-refractivity contribution < 1.29 is 26.3 Å². The highest BCUT2D eigenvalue weighted by Crippen LogP contribution is 2.37. The van der Waals surface area contributed by atoms with Gasteiger partial charge in [0, 0.05) is 13.1 Å².